The number of amides is 2. The van der Waals surface area contributed by atoms with Gasteiger partial charge in [-0.1, -0.05) is 15.9 Å². The summed E-state index contributed by atoms with van der Waals surface area (Å²) in [7, 11) is 5.22. The molecule has 0 saturated carbocycles. The summed E-state index contributed by atoms with van der Waals surface area (Å²) in [6.45, 7) is -0.535. The van der Waals surface area contributed by atoms with Crippen LogP contribution in [0.1, 0.15) is 6.42 Å². The molecule has 0 atom stereocenters. The third-order valence-electron chi connectivity index (χ3n) is 2.09. The second kappa shape index (κ2) is 9.76. The maximum Gasteiger partial charge on any atom is 0.305 e. The Hall–Kier alpha value is -1.13. The zero-order valence-corrected chi connectivity index (χ0v) is 11.7. The van der Waals surface area contributed by atoms with E-state index in [1.54, 1.807) is 0 Å². The number of carboxylic acids is 1. The third kappa shape index (κ3) is 6.55. The normalized spacial score (nSPS) is 10.0. The highest BCUT2D eigenvalue weighted by Crippen LogP contribution is 2.06. The summed E-state index contributed by atoms with van der Waals surface area (Å²) in [5.74, 6) is -2.19. The van der Waals surface area contributed by atoms with Crippen LogP contribution in [-0.4, -0.2) is 71.0 Å². The zero-order valence-electron chi connectivity index (χ0n) is 10.1. The molecule has 0 saturated heterocycles. The number of hydrazine groups is 1. The van der Waals surface area contributed by atoms with E-state index in [4.69, 9.17) is 18.2 Å². The van der Waals surface area contributed by atoms with Crippen molar-refractivity contribution in [2.75, 3.05) is 25.0 Å². The number of carbonyl (C=O) groups excluding carboxylic acids is 2. The largest absolute Gasteiger partial charge is 0.481 e. The number of hydrogen-bond acceptors (Lipinski definition) is 5. The van der Waals surface area contributed by atoms with Crippen molar-refractivity contribution in [3.05, 3.63) is 0 Å². The average Bonchev–Trinajstić information content (AvgIpc) is 2.40. The predicted molar refractivity (Wildman–Crippen MR) is 68.6 cm³/mol. The van der Waals surface area contributed by atoms with E-state index >= 15 is 0 Å². The van der Waals surface area contributed by atoms with E-state index in [1.165, 1.54) is 0 Å². The third-order valence-corrected chi connectivity index (χ3v) is 2.57. The summed E-state index contributed by atoms with van der Waals surface area (Å²) in [5, 5.41) is 18.8. The molecule has 0 rings (SSSR count). The number of carboxylic acid groups (broad SMARTS) is 1. The lowest BCUT2D eigenvalue weighted by Crippen LogP contribution is -2.52. The minimum absolute atomic E-state index is 0.0824. The van der Waals surface area contributed by atoms with Crippen molar-refractivity contribution in [2.45, 2.75) is 12.7 Å². The van der Waals surface area contributed by atoms with Crippen molar-refractivity contribution < 1.29 is 29.6 Å². The van der Waals surface area contributed by atoms with Crippen LogP contribution < -0.4 is 0 Å². The molecule has 0 heterocycles. The van der Waals surface area contributed by atoms with E-state index in [9.17, 15) is 14.4 Å². The standard InChI is InChI=1S/C9H14BBrN2O6/c10-5-7(14)13(3-4-19-18)12(8(15)6-11)2-1-9(16)17/h18H,1-6H2,(H,16,17). The van der Waals surface area contributed by atoms with E-state index < -0.39 is 17.8 Å². The molecule has 10 heteroatoms. The fraction of sp³-hybridized carbons (Fsp3) is 0.667. The number of hydrogen-bond donors (Lipinski definition) is 2. The van der Waals surface area contributed by atoms with Crippen LogP contribution in [0.5, 0.6) is 0 Å². The van der Waals surface area contributed by atoms with E-state index in [1.807, 2.05) is 0 Å². The molecule has 2 radical (unpaired) electrons. The minimum atomic E-state index is -1.11. The maximum absolute atomic E-state index is 11.7. The highest BCUT2D eigenvalue weighted by atomic mass is 79.9. The molecular formula is C9H14BBrN2O6. The van der Waals surface area contributed by atoms with Crippen molar-refractivity contribution in [1.82, 2.24) is 10.0 Å². The Morgan fingerprint density at radius 2 is 1.74 bits per heavy atom. The molecule has 0 aromatic heterocycles. The van der Waals surface area contributed by atoms with Gasteiger partial charge in [-0.05, 0) is 6.32 Å². The van der Waals surface area contributed by atoms with Crippen LogP contribution in [0.2, 0.25) is 6.32 Å². The molecule has 0 aliphatic carbocycles. The summed E-state index contributed by atoms with van der Waals surface area (Å²) in [6, 6.07) is 0. The summed E-state index contributed by atoms with van der Waals surface area (Å²) >= 11 is 2.94. The first-order chi connectivity index (χ1) is 8.97. The molecule has 0 aromatic carbocycles. The van der Waals surface area contributed by atoms with Gasteiger partial charge in [0, 0.05) is 0 Å². The van der Waals surface area contributed by atoms with Gasteiger partial charge in [-0.3, -0.25) is 24.6 Å². The molecule has 0 aliphatic rings. The molecule has 2 amide bonds. The van der Waals surface area contributed by atoms with Gasteiger partial charge in [0.15, 0.2) is 0 Å². The van der Waals surface area contributed by atoms with Gasteiger partial charge in [-0.25, -0.2) is 9.90 Å². The summed E-state index contributed by atoms with van der Waals surface area (Å²) in [5.41, 5.74) is 0. The van der Waals surface area contributed by atoms with Crippen molar-refractivity contribution in [3.8, 4) is 0 Å². The minimum Gasteiger partial charge on any atom is -0.481 e. The van der Waals surface area contributed by atoms with Gasteiger partial charge >= 0.3 is 5.97 Å². The van der Waals surface area contributed by atoms with Crippen molar-refractivity contribution in [1.29, 1.82) is 0 Å². The first kappa shape index (κ1) is 17.9. The van der Waals surface area contributed by atoms with Crippen LogP contribution in [0.15, 0.2) is 0 Å². The van der Waals surface area contributed by atoms with E-state index in [-0.39, 0.29) is 37.8 Å². The van der Waals surface area contributed by atoms with Crippen LogP contribution in [0.25, 0.3) is 0 Å². The van der Waals surface area contributed by atoms with Crippen LogP contribution in [0.3, 0.4) is 0 Å². The molecule has 19 heavy (non-hydrogen) atoms. The number of alkyl halides is 1. The van der Waals surface area contributed by atoms with Crippen LogP contribution >= 0.6 is 15.9 Å². The first-order valence-electron chi connectivity index (χ1n) is 5.32. The Bertz CT molecular complexity index is 330. The Balaban J connectivity index is 4.93. The molecule has 0 unspecified atom stereocenters. The monoisotopic (exact) mass is 336 g/mol. The molecule has 0 bridgehead atoms. The van der Waals surface area contributed by atoms with Crippen LogP contribution in [0, 0.1) is 0 Å². The molecule has 8 nitrogen and oxygen atoms in total. The Kier molecular flexibility index (Phi) is 9.18. The van der Waals surface area contributed by atoms with Gasteiger partial charge in [0.05, 0.1) is 32.7 Å². The molecule has 0 aliphatic heterocycles. The Labute approximate surface area is 119 Å². The van der Waals surface area contributed by atoms with E-state index in [0.29, 0.717) is 0 Å². The predicted octanol–water partition coefficient (Wildman–Crippen LogP) is -0.495. The summed E-state index contributed by atoms with van der Waals surface area (Å²) in [4.78, 5) is 37.7. The second-order valence-corrected chi connectivity index (χ2v) is 3.91. The number of carbonyl (C=O) groups is 3. The second-order valence-electron chi connectivity index (χ2n) is 3.35. The van der Waals surface area contributed by atoms with E-state index in [0.717, 1.165) is 10.0 Å². The first-order valence-corrected chi connectivity index (χ1v) is 6.44. The van der Waals surface area contributed by atoms with Gasteiger partial charge < -0.3 is 5.11 Å². The van der Waals surface area contributed by atoms with Crippen molar-refractivity contribution in [2.24, 2.45) is 0 Å². The number of rotatable bonds is 8. The lowest BCUT2D eigenvalue weighted by atomic mass is 10.0. The van der Waals surface area contributed by atoms with Gasteiger partial charge in [-0.15, -0.1) is 0 Å². The molecule has 106 valence electrons. The molecular weight excluding hydrogens is 323 g/mol. The summed E-state index contributed by atoms with van der Waals surface area (Å²) in [6.07, 6.45) is -0.683. The summed E-state index contributed by atoms with van der Waals surface area (Å²) < 4.78 is 0. The average molecular weight is 337 g/mol. The fourth-order valence-corrected chi connectivity index (χ4v) is 1.55. The maximum atomic E-state index is 11.7. The highest BCUT2D eigenvalue weighted by molar-refractivity contribution is 9.09. The van der Waals surface area contributed by atoms with E-state index in [2.05, 4.69) is 20.8 Å². The molecule has 2 N–H and O–H groups in total. The van der Waals surface area contributed by atoms with Crippen molar-refractivity contribution >= 4 is 41.6 Å². The Morgan fingerprint density at radius 1 is 1.16 bits per heavy atom. The van der Waals surface area contributed by atoms with Crippen LogP contribution in [-0.2, 0) is 19.3 Å². The van der Waals surface area contributed by atoms with Crippen molar-refractivity contribution in [3.63, 3.8) is 0 Å². The number of aliphatic carboxylic acids is 1. The highest BCUT2D eigenvalue weighted by Gasteiger charge is 2.24. The lowest BCUT2D eigenvalue weighted by Gasteiger charge is -2.34. The Morgan fingerprint density at radius 3 is 2.16 bits per heavy atom. The van der Waals surface area contributed by atoms with Crippen LogP contribution in [0.4, 0.5) is 0 Å². The quantitative estimate of drug-likeness (QED) is 0.268. The SMILES string of the molecule is [B]CC(=O)N(CCOO)N(CCC(=O)O)C(=O)CBr. The van der Waals surface area contributed by atoms with Gasteiger partial charge in [0.1, 0.15) is 6.61 Å². The molecule has 0 aromatic rings. The molecule has 0 fully saturated rings. The fourth-order valence-electron chi connectivity index (χ4n) is 1.26. The topological polar surface area (TPSA) is 107 Å². The van der Waals surface area contributed by atoms with Gasteiger partial charge in [0.2, 0.25) is 5.91 Å². The lowest BCUT2D eigenvalue weighted by molar-refractivity contribution is -0.247. The molecule has 0 spiro atoms. The zero-order chi connectivity index (χ0) is 14.8. The number of nitrogens with zero attached hydrogens (tertiary/aromatic N) is 2. The number of halogens is 1. The van der Waals surface area contributed by atoms with Gasteiger partial charge in [-0.2, -0.15) is 0 Å². The van der Waals surface area contributed by atoms with Gasteiger partial charge in [0.25, 0.3) is 5.91 Å². The smallest absolute Gasteiger partial charge is 0.305 e.